The van der Waals surface area contributed by atoms with Gasteiger partial charge in [0.15, 0.2) is 5.11 Å². The van der Waals surface area contributed by atoms with Gasteiger partial charge < -0.3 is 15.1 Å². The molecule has 0 bridgehead atoms. The van der Waals surface area contributed by atoms with Gasteiger partial charge in [0.25, 0.3) is 5.91 Å². The van der Waals surface area contributed by atoms with Crippen LogP contribution in [-0.4, -0.2) is 44.2 Å². The fraction of sp³-hybridized carbons (Fsp3) is 0.238. The molecule has 3 aromatic rings. The molecule has 0 aliphatic carbocycles. The van der Waals surface area contributed by atoms with Crippen molar-refractivity contribution in [1.82, 2.24) is 5.32 Å². The molecule has 0 atom stereocenters. The number of nitrogens with one attached hydrogen (secondary N) is 3. The summed E-state index contributed by atoms with van der Waals surface area (Å²) in [7, 11) is 2.23. The van der Waals surface area contributed by atoms with Crippen molar-refractivity contribution >= 4 is 67.6 Å². The molecule has 2 heterocycles. The Balaban J connectivity index is 1.37. The molecule has 150 valence electrons. The van der Waals surface area contributed by atoms with E-state index in [-0.39, 0.29) is 11.0 Å². The number of amides is 1. The van der Waals surface area contributed by atoms with Crippen LogP contribution in [0.25, 0.3) is 10.1 Å². The van der Waals surface area contributed by atoms with E-state index >= 15 is 0 Å². The number of halogens is 1. The summed E-state index contributed by atoms with van der Waals surface area (Å²) in [5, 5.41) is 7.39. The number of rotatable bonds is 3. The van der Waals surface area contributed by atoms with Crippen LogP contribution in [0.15, 0.2) is 48.5 Å². The van der Waals surface area contributed by atoms with Crippen LogP contribution < -0.4 is 20.4 Å². The molecule has 0 unspecified atom stereocenters. The van der Waals surface area contributed by atoms with Crippen molar-refractivity contribution in [3.63, 3.8) is 0 Å². The predicted molar refractivity (Wildman–Crippen MR) is 126 cm³/mol. The Kier molecular flexibility index (Phi) is 6.01. The maximum Gasteiger partial charge on any atom is 0.269 e. The van der Waals surface area contributed by atoms with E-state index in [9.17, 15) is 4.79 Å². The second-order valence-corrected chi connectivity index (χ2v) is 8.98. The topological polar surface area (TPSA) is 48.8 Å². The highest BCUT2D eigenvalue weighted by Gasteiger charge is 2.19. The first-order valence-corrected chi connectivity index (χ1v) is 11.1. The number of piperazine rings is 1. The number of quaternary nitrogens is 1. The van der Waals surface area contributed by atoms with Crippen molar-refractivity contribution in [2.75, 3.05) is 43.4 Å². The smallest absolute Gasteiger partial charge is 0.269 e. The van der Waals surface area contributed by atoms with Gasteiger partial charge in [-0.05, 0) is 42.5 Å². The largest absolute Gasteiger partial charge is 0.360 e. The van der Waals surface area contributed by atoms with Gasteiger partial charge in [-0.25, -0.2) is 0 Å². The summed E-state index contributed by atoms with van der Waals surface area (Å²) in [5.41, 5.74) is 2.04. The maximum atomic E-state index is 12.6. The average Bonchev–Trinajstić information content (AvgIpc) is 3.06. The molecular weight excluding hydrogens is 424 g/mol. The minimum absolute atomic E-state index is 0.250. The molecule has 0 spiro atoms. The van der Waals surface area contributed by atoms with Crippen molar-refractivity contribution in [3.05, 3.63) is 58.4 Å². The van der Waals surface area contributed by atoms with Gasteiger partial charge in [0.2, 0.25) is 0 Å². The molecule has 8 heteroatoms. The van der Waals surface area contributed by atoms with Crippen molar-refractivity contribution in [2.24, 2.45) is 0 Å². The summed E-state index contributed by atoms with van der Waals surface area (Å²) >= 11 is 13.0. The molecule has 2 aromatic carbocycles. The van der Waals surface area contributed by atoms with E-state index in [0.717, 1.165) is 42.0 Å². The van der Waals surface area contributed by atoms with Crippen LogP contribution in [0.5, 0.6) is 0 Å². The number of carbonyl (C=O) groups excluding carboxylic acids is 1. The van der Waals surface area contributed by atoms with Gasteiger partial charge in [0, 0.05) is 21.5 Å². The van der Waals surface area contributed by atoms with E-state index in [1.54, 1.807) is 4.90 Å². The average molecular weight is 446 g/mol. The van der Waals surface area contributed by atoms with Crippen molar-refractivity contribution in [1.29, 1.82) is 0 Å². The van der Waals surface area contributed by atoms with Gasteiger partial charge in [0.05, 0.1) is 38.2 Å². The number of hydrogen-bond donors (Lipinski definition) is 3. The predicted octanol–water partition coefficient (Wildman–Crippen LogP) is 3.02. The molecule has 1 amide bonds. The van der Waals surface area contributed by atoms with Crippen molar-refractivity contribution in [2.45, 2.75) is 0 Å². The fourth-order valence-electron chi connectivity index (χ4n) is 3.38. The summed E-state index contributed by atoms with van der Waals surface area (Å²) in [5.74, 6) is -0.301. The van der Waals surface area contributed by atoms with E-state index in [2.05, 4.69) is 34.7 Å². The highest BCUT2D eigenvalue weighted by atomic mass is 35.5. The van der Waals surface area contributed by atoms with E-state index in [0.29, 0.717) is 9.90 Å². The molecule has 1 aliphatic heterocycles. The molecule has 5 nitrogen and oxygen atoms in total. The zero-order valence-corrected chi connectivity index (χ0v) is 18.4. The number of thiocarbonyl (C=S) groups is 1. The Hall–Kier alpha value is -2.19. The molecular formula is C21H22ClN4OS2+. The Morgan fingerprint density at radius 1 is 1.14 bits per heavy atom. The highest BCUT2D eigenvalue weighted by molar-refractivity contribution is 7.80. The third-order valence-electron chi connectivity index (χ3n) is 5.08. The van der Waals surface area contributed by atoms with Crippen molar-refractivity contribution in [3.8, 4) is 0 Å². The summed E-state index contributed by atoms with van der Waals surface area (Å²) in [4.78, 5) is 17.0. The first-order valence-electron chi connectivity index (χ1n) is 9.47. The Bertz CT molecular complexity index is 1040. The Morgan fingerprint density at radius 2 is 1.83 bits per heavy atom. The van der Waals surface area contributed by atoms with Crippen LogP contribution in [0, 0.1) is 0 Å². The van der Waals surface area contributed by atoms with Gasteiger partial charge in [0.1, 0.15) is 4.88 Å². The minimum Gasteiger partial charge on any atom is -0.360 e. The summed E-state index contributed by atoms with van der Waals surface area (Å²) in [6, 6.07) is 15.8. The van der Waals surface area contributed by atoms with Gasteiger partial charge in [-0.2, -0.15) is 0 Å². The zero-order chi connectivity index (χ0) is 20.4. The van der Waals surface area contributed by atoms with Crippen LogP contribution >= 0.6 is 35.2 Å². The number of anilines is 2. The SMILES string of the molecule is C[NH+]1CCN(c2ccc(NC(=S)NC(=O)c3sc4ccccc4c3Cl)cc2)CC1. The third-order valence-corrected chi connectivity index (χ3v) is 6.95. The first-order chi connectivity index (χ1) is 14.0. The lowest BCUT2D eigenvalue weighted by Gasteiger charge is -2.31. The van der Waals surface area contributed by atoms with Gasteiger partial charge in [-0.15, -0.1) is 11.3 Å². The number of benzene rings is 2. The molecule has 0 saturated carbocycles. The standard InChI is InChI=1S/C21H21ClN4OS2/c1-25-10-12-26(13-11-25)15-8-6-14(7-9-15)23-21(28)24-20(27)19-18(22)16-4-2-3-5-17(16)29-19/h2-9H,10-13H2,1H3,(H2,23,24,27,28)/p+1. The molecule has 1 saturated heterocycles. The number of nitrogens with zero attached hydrogens (tertiary/aromatic N) is 1. The number of thiophene rings is 1. The van der Waals surface area contributed by atoms with E-state index in [4.69, 9.17) is 23.8 Å². The zero-order valence-electron chi connectivity index (χ0n) is 16.0. The van der Waals surface area contributed by atoms with Crippen LogP contribution in [0.2, 0.25) is 5.02 Å². The number of fused-ring (bicyclic) bond motifs is 1. The number of likely N-dealkylation sites (N-methyl/N-ethyl adjacent to an activating group) is 1. The normalized spacial score (nSPS) is 14.8. The molecule has 3 N–H and O–H groups in total. The third kappa shape index (κ3) is 4.53. The van der Waals surface area contributed by atoms with Crippen LogP contribution in [0.3, 0.4) is 0 Å². The van der Waals surface area contributed by atoms with Crippen LogP contribution in [0.1, 0.15) is 9.67 Å². The van der Waals surface area contributed by atoms with Gasteiger partial charge in [-0.3, -0.25) is 10.1 Å². The second kappa shape index (κ2) is 8.67. The maximum absolute atomic E-state index is 12.6. The van der Waals surface area contributed by atoms with Gasteiger partial charge >= 0.3 is 0 Å². The van der Waals surface area contributed by atoms with E-state index in [1.165, 1.54) is 17.0 Å². The molecule has 0 radical (unpaired) electrons. The van der Waals surface area contributed by atoms with E-state index in [1.807, 2.05) is 36.4 Å². The fourth-order valence-corrected chi connectivity index (χ4v) is 5.01. The van der Waals surface area contributed by atoms with Crippen molar-refractivity contribution < 1.29 is 9.69 Å². The minimum atomic E-state index is -0.301. The molecule has 4 rings (SSSR count). The second-order valence-electron chi connectivity index (χ2n) is 7.14. The summed E-state index contributed by atoms with van der Waals surface area (Å²) in [6.45, 7) is 4.42. The van der Waals surface area contributed by atoms with Crippen LogP contribution in [0.4, 0.5) is 11.4 Å². The lowest BCUT2D eigenvalue weighted by molar-refractivity contribution is -0.880. The quantitative estimate of drug-likeness (QED) is 0.542. The number of hydrogen-bond acceptors (Lipinski definition) is 4. The van der Waals surface area contributed by atoms with Gasteiger partial charge in [-0.1, -0.05) is 29.8 Å². The lowest BCUT2D eigenvalue weighted by Crippen LogP contribution is -3.12. The first kappa shape index (κ1) is 20.1. The summed E-state index contributed by atoms with van der Waals surface area (Å²) in [6.07, 6.45) is 0. The Labute approximate surface area is 184 Å². The highest BCUT2D eigenvalue weighted by Crippen LogP contribution is 2.35. The lowest BCUT2D eigenvalue weighted by atomic mass is 10.2. The molecule has 1 aromatic heterocycles. The molecule has 1 fully saturated rings. The number of carbonyl (C=O) groups is 1. The summed E-state index contributed by atoms with van der Waals surface area (Å²) < 4.78 is 0.975. The molecule has 29 heavy (non-hydrogen) atoms. The molecule has 1 aliphatic rings. The van der Waals surface area contributed by atoms with E-state index < -0.39 is 0 Å². The monoisotopic (exact) mass is 445 g/mol. The van der Waals surface area contributed by atoms with Crippen LogP contribution in [-0.2, 0) is 0 Å². The Morgan fingerprint density at radius 3 is 2.52 bits per heavy atom.